The van der Waals surface area contributed by atoms with Crippen molar-refractivity contribution in [2.45, 2.75) is 55.1 Å². The first-order valence-electron chi connectivity index (χ1n) is 21.3. The Morgan fingerprint density at radius 2 is 1.45 bits per heavy atom. The van der Waals surface area contributed by atoms with E-state index in [2.05, 4.69) is 26.1 Å². The number of rotatable bonds is 16. The van der Waals surface area contributed by atoms with Crippen molar-refractivity contribution in [2.75, 3.05) is 38.6 Å². The van der Waals surface area contributed by atoms with E-state index in [1.807, 2.05) is 60.7 Å². The molecule has 7 rings (SSSR count). The number of benzene rings is 4. The number of methoxy groups -OCH3 is 2. The Balaban J connectivity index is 1.10. The molecule has 18 nitrogen and oxygen atoms in total. The lowest BCUT2D eigenvalue weighted by Gasteiger charge is -2.46. The molecule has 1 saturated heterocycles. The van der Waals surface area contributed by atoms with Gasteiger partial charge in [0.25, 0.3) is 5.91 Å². The van der Waals surface area contributed by atoms with Crippen LogP contribution in [-0.4, -0.2) is 95.8 Å². The minimum Gasteiger partial charge on any atom is -0.495 e. The van der Waals surface area contributed by atoms with Gasteiger partial charge in [-0.2, -0.15) is 0 Å². The third-order valence-corrected chi connectivity index (χ3v) is 12.7. The average Bonchev–Trinajstić information content (AvgIpc) is 3.80. The Hall–Kier alpha value is -7.71. The molecule has 69 heavy (non-hydrogen) atoms. The smallest absolute Gasteiger partial charge is 0.413 e. The molecule has 2 aliphatic heterocycles. The number of para-hydroxylation sites is 1. The van der Waals surface area contributed by atoms with Crippen molar-refractivity contribution in [3.8, 4) is 0 Å². The Morgan fingerprint density at radius 1 is 0.826 bits per heavy atom. The summed E-state index contributed by atoms with van der Waals surface area (Å²) in [6, 6.07) is 33.3. The van der Waals surface area contributed by atoms with Crippen LogP contribution in [0.25, 0.3) is 0 Å². The van der Waals surface area contributed by atoms with E-state index in [0.29, 0.717) is 16.7 Å². The van der Waals surface area contributed by atoms with Crippen molar-refractivity contribution in [3.05, 3.63) is 160 Å². The Labute approximate surface area is 405 Å². The van der Waals surface area contributed by atoms with Crippen LogP contribution in [0.1, 0.15) is 61.2 Å². The molecule has 0 aliphatic carbocycles. The largest absolute Gasteiger partial charge is 0.495 e. The number of esters is 2. The van der Waals surface area contributed by atoms with Gasteiger partial charge in [0.05, 0.1) is 26.0 Å². The highest BCUT2D eigenvalue weighted by Crippen LogP contribution is 2.45. The highest BCUT2D eigenvalue weighted by molar-refractivity contribution is 8.00. The van der Waals surface area contributed by atoms with E-state index in [1.165, 1.54) is 43.4 Å². The number of hydrogen-bond acceptors (Lipinski definition) is 16. The van der Waals surface area contributed by atoms with Crippen molar-refractivity contribution in [1.82, 2.24) is 15.2 Å². The van der Waals surface area contributed by atoms with Crippen LogP contribution in [0.4, 0.5) is 20.4 Å². The van der Waals surface area contributed by atoms with Gasteiger partial charge in [-0.3, -0.25) is 29.9 Å². The maximum atomic E-state index is 14.2. The number of hydrogen-bond donors (Lipinski definition) is 3. The number of amides is 4. The van der Waals surface area contributed by atoms with Crippen molar-refractivity contribution in [1.29, 1.82) is 0 Å². The molecule has 4 amide bonds. The lowest BCUT2D eigenvalue weighted by molar-refractivity contribution is -0.152. The zero-order chi connectivity index (χ0) is 49.3. The molecule has 0 bridgehead atoms. The number of β-lactam (4-membered cyclic amide) rings is 1. The summed E-state index contributed by atoms with van der Waals surface area (Å²) in [5, 5.41) is 11.9. The zero-order valence-corrected chi connectivity index (χ0v) is 39.9. The normalized spacial score (nSPS) is 16.5. The Bertz CT molecular complexity index is 2730. The third-order valence-electron chi connectivity index (χ3n) is 10.6. The number of ether oxygens (including phenoxy) is 5. The van der Waals surface area contributed by atoms with Crippen LogP contribution in [0.2, 0.25) is 0 Å². The molecule has 1 aromatic heterocycles. The molecule has 3 atom stereocenters. The maximum absolute atomic E-state index is 14.2. The average molecular weight is 977 g/mol. The first-order valence-corrected chi connectivity index (χ1v) is 23.1. The zero-order valence-electron chi connectivity index (χ0n) is 38.3. The molecular formula is C49H48N6O12S2. The number of thiazole rings is 1. The van der Waals surface area contributed by atoms with Gasteiger partial charge in [0, 0.05) is 16.6 Å². The van der Waals surface area contributed by atoms with Gasteiger partial charge < -0.3 is 33.8 Å². The molecule has 20 heteroatoms. The van der Waals surface area contributed by atoms with Crippen molar-refractivity contribution in [3.63, 3.8) is 0 Å². The first kappa shape index (κ1) is 49.2. The number of oxime groups is 1. The summed E-state index contributed by atoms with van der Waals surface area (Å²) in [6.45, 7) is 4.53. The maximum Gasteiger partial charge on any atom is 0.413 e. The molecule has 0 saturated carbocycles. The van der Waals surface area contributed by atoms with Gasteiger partial charge in [0.2, 0.25) is 5.91 Å². The van der Waals surface area contributed by atoms with Crippen LogP contribution in [0.5, 0.6) is 0 Å². The minimum absolute atomic E-state index is 0.0117. The highest BCUT2D eigenvalue weighted by Gasteiger charge is 2.51. The summed E-state index contributed by atoms with van der Waals surface area (Å²) in [5.41, 5.74) is -0.881. The van der Waals surface area contributed by atoms with Gasteiger partial charge in [-0.15, -0.1) is 23.1 Å². The highest BCUT2D eigenvalue weighted by atomic mass is 32.2. The number of thioether (sulfide) groups is 1. The third kappa shape index (κ3) is 11.0. The number of anilines is 2. The van der Waals surface area contributed by atoms with Gasteiger partial charge in [0.15, 0.2) is 33.8 Å². The number of fused-ring (bicyclic) bond motifs is 1. The number of aromatic nitrogens is 1. The van der Waals surface area contributed by atoms with Crippen LogP contribution in [0.15, 0.2) is 137 Å². The molecule has 358 valence electrons. The monoisotopic (exact) mass is 976 g/mol. The quantitative estimate of drug-likeness (QED) is 0.0287. The number of carbonyl (C=O) groups excluding carboxylic acids is 6. The van der Waals surface area contributed by atoms with E-state index in [0.717, 1.165) is 11.3 Å². The predicted molar refractivity (Wildman–Crippen MR) is 256 cm³/mol. The lowest BCUT2D eigenvalue weighted by Crippen LogP contribution is -2.58. The second-order valence-electron chi connectivity index (χ2n) is 16.2. The second-order valence-corrected chi connectivity index (χ2v) is 18.4. The van der Waals surface area contributed by atoms with Crippen LogP contribution in [0, 0.1) is 0 Å². The van der Waals surface area contributed by atoms with Crippen LogP contribution >= 0.6 is 23.1 Å². The van der Waals surface area contributed by atoms with E-state index in [1.54, 1.807) is 75.4 Å². The van der Waals surface area contributed by atoms with Gasteiger partial charge in [0.1, 0.15) is 30.4 Å². The lowest BCUT2D eigenvalue weighted by atomic mass is 9.74. The molecule has 2 aliphatic rings. The van der Waals surface area contributed by atoms with E-state index >= 15 is 0 Å². The van der Waals surface area contributed by atoms with Gasteiger partial charge >= 0.3 is 24.1 Å². The fourth-order valence-corrected chi connectivity index (χ4v) is 9.66. The first-order chi connectivity index (χ1) is 33.2. The van der Waals surface area contributed by atoms with Crippen molar-refractivity contribution < 1.29 is 57.3 Å². The summed E-state index contributed by atoms with van der Waals surface area (Å²) >= 11 is 2.10. The topological polar surface area (TPSA) is 222 Å². The summed E-state index contributed by atoms with van der Waals surface area (Å²) in [5.74, 6) is -2.80. The molecule has 3 N–H and O–H groups in total. The minimum atomic E-state index is -1.80. The van der Waals surface area contributed by atoms with Gasteiger partial charge in [-0.1, -0.05) is 114 Å². The molecule has 5 aromatic rings. The summed E-state index contributed by atoms with van der Waals surface area (Å²) in [7, 11) is 3.74. The summed E-state index contributed by atoms with van der Waals surface area (Å²) in [6.07, 6.45) is -2.55. The SMILES string of the molecule is CON=C(C(=O)NC1S[C@H]2CC(=O)N2C(C(=O)OC(c2ccccc2)c2ccccc2)=C1OC)c1csc(NC(=O)OCC(C(=O)OC)(c2ccccc2)c2ccccc2NC(=O)OC(C)(C)C)n1. The van der Waals surface area contributed by atoms with Crippen LogP contribution in [-0.2, 0) is 53.1 Å². The van der Waals surface area contributed by atoms with Crippen LogP contribution in [0.3, 0.4) is 0 Å². The van der Waals surface area contributed by atoms with E-state index in [9.17, 15) is 28.8 Å². The number of nitrogens with zero attached hydrogens (tertiary/aromatic N) is 3. The van der Waals surface area contributed by atoms with Gasteiger partial charge in [-0.25, -0.2) is 19.4 Å². The summed E-state index contributed by atoms with van der Waals surface area (Å²) in [4.78, 5) is 92.6. The molecule has 2 unspecified atom stereocenters. The number of carbonyl (C=O) groups is 6. The molecule has 4 aromatic carbocycles. The van der Waals surface area contributed by atoms with E-state index in [4.69, 9.17) is 28.5 Å². The number of nitrogens with one attached hydrogen (secondary N) is 3. The van der Waals surface area contributed by atoms with Crippen molar-refractivity contribution in [2.24, 2.45) is 5.16 Å². The molecule has 1 fully saturated rings. The van der Waals surface area contributed by atoms with Crippen molar-refractivity contribution >= 4 is 75.6 Å². The van der Waals surface area contributed by atoms with E-state index in [-0.39, 0.29) is 51.6 Å². The Kier molecular flexibility index (Phi) is 15.3. The second kappa shape index (κ2) is 21.5. The Morgan fingerprint density at radius 3 is 2.04 bits per heavy atom. The van der Waals surface area contributed by atoms with Gasteiger partial charge in [-0.05, 0) is 43.5 Å². The molecule has 0 radical (unpaired) electrons. The van der Waals surface area contributed by atoms with Crippen LogP contribution < -0.4 is 16.0 Å². The fraction of sp³-hybridized carbons (Fsp3) is 0.265. The van der Waals surface area contributed by atoms with E-state index < -0.39 is 64.5 Å². The molecule has 0 spiro atoms. The standard InChI is InChI=1S/C49H48N6O12S2/c1-48(2,3)67-47(61)51-33-25-17-16-24-32(33)49(44(59)63-5,31-22-14-9-15-23-31)28-65-46(60)53-45-50-34(27-68-45)37(54-64-6)41(57)52-42-40(62-4)38(55-35(56)26-36(55)69-42)43(58)66-39(29-18-10-7-11-19-29)30-20-12-8-13-21-30/h7-25,27,36,39,42H,26,28H2,1-6H3,(H,51,61)(H,52,57)(H,50,53,60)/t36-,42?,49?/m0/s1. The molecule has 3 heterocycles. The predicted octanol–water partition coefficient (Wildman–Crippen LogP) is 7.49. The fourth-order valence-electron chi connectivity index (χ4n) is 7.57. The summed E-state index contributed by atoms with van der Waals surface area (Å²) < 4.78 is 28.4. The molecular weight excluding hydrogens is 929 g/mol.